The van der Waals surface area contributed by atoms with Crippen LogP contribution in [0.15, 0.2) is 33.6 Å². The summed E-state index contributed by atoms with van der Waals surface area (Å²) in [7, 11) is 1.26. The molecule has 0 aliphatic rings. The first kappa shape index (κ1) is 19.4. The molecule has 0 saturated carbocycles. The first-order valence-electron chi connectivity index (χ1n) is 8.31. The van der Waals surface area contributed by atoms with Gasteiger partial charge in [-0.15, -0.1) is 0 Å². The summed E-state index contributed by atoms with van der Waals surface area (Å²) in [5.74, 6) is -0.00447. The van der Waals surface area contributed by atoms with Crippen LogP contribution in [0.3, 0.4) is 0 Å². The Morgan fingerprint density at radius 2 is 2.04 bits per heavy atom. The molecule has 0 aliphatic heterocycles. The topological polar surface area (TPSA) is 98.5 Å². The summed E-state index contributed by atoms with van der Waals surface area (Å²) in [5.41, 5.74) is 0.00108. The van der Waals surface area contributed by atoms with Gasteiger partial charge >= 0.3 is 11.6 Å². The number of anilines is 1. The minimum absolute atomic E-state index is 0.0800. The number of amides is 1. The highest BCUT2D eigenvalue weighted by atomic mass is 16.5. The predicted octanol–water partition coefficient (Wildman–Crippen LogP) is 2.97. The molecule has 1 N–H and O–H groups in total. The standard InChI is InChI=1S/C19H22N2O5/c1-11(2)5-6-14-9-12(3)16(19(24)26-14)17(22)21-15-10-13(7-8-20-15)18(23)25-4/h7-11H,5-6H2,1-4H3,(H,20,21,22). The zero-order valence-electron chi connectivity index (χ0n) is 15.3. The highest BCUT2D eigenvalue weighted by molar-refractivity contribution is 6.04. The molecule has 2 aromatic rings. The lowest BCUT2D eigenvalue weighted by Gasteiger charge is -2.09. The Hall–Kier alpha value is -2.96. The van der Waals surface area contributed by atoms with Crippen molar-refractivity contribution in [2.45, 2.75) is 33.6 Å². The third-order valence-corrected chi connectivity index (χ3v) is 3.82. The first-order chi connectivity index (χ1) is 12.3. The van der Waals surface area contributed by atoms with Crippen molar-refractivity contribution in [2.75, 3.05) is 12.4 Å². The van der Waals surface area contributed by atoms with Crippen molar-refractivity contribution in [3.8, 4) is 0 Å². The van der Waals surface area contributed by atoms with Gasteiger partial charge in [0.05, 0.1) is 12.7 Å². The molecule has 0 bridgehead atoms. The van der Waals surface area contributed by atoms with Gasteiger partial charge in [-0.05, 0) is 43.0 Å². The number of nitrogens with zero attached hydrogens (tertiary/aromatic N) is 1. The second-order valence-electron chi connectivity index (χ2n) is 6.37. The molecule has 0 spiro atoms. The molecule has 26 heavy (non-hydrogen) atoms. The number of esters is 1. The van der Waals surface area contributed by atoms with E-state index in [4.69, 9.17) is 4.42 Å². The van der Waals surface area contributed by atoms with Crippen molar-refractivity contribution in [2.24, 2.45) is 5.92 Å². The van der Waals surface area contributed by atoms with Crippen molar-refractivity contribution < 1.29 is 18.7 Å². The minimum atomic E-state index is -0.689. The zero-order chi connectivity index (χ0) is 19.3. The van der Waals surface area contributed by atoms with Crippen LogP contribution in [0.4, 0.5) is 5.82 Å². The van der Waals surface area contributed by atoms with Gasteiger partial charge in [0.15, 0.2) is 0 Å². The third kappa shape index (κ3) is 4.78. The number of carbonyl (C=O) groups excluding carboxylic acids is 2. The normalized spacial score (nSPS) is 10.7. The van der Waals surface area contributed by atoms with Gasteiger partial charge in [0.1, 0.15) is 17.1 Å². The monoisotopic (exact) mass is 358 g/mol. The van der Waals surface area contributed by atoms with Crippen LogP contribution in [0, 0.1) is 12.8 Å². The predicted molar refractivity (Wildman–Crippen MR) is 96.4 cm³/mol. The van der Waals surface area contributed by atoms with Crippen LogP contribution in [0.2, 0.25) is 0 Å². The third-order valence-electron chi connectivity index (χ3n) is 3.82. The highest BCUT2D eigenvalue weighted by Crippen LogP contribution is 2.14. The SMILES string of the molecule is COC(=O)c1ccnc(NC(=O)c2c(C)cc(CCC(C)C)oc2=O)c1. The Labute approximate surface area is 151 Å². The fraction of sp³-hybridized carbons (Fsp3) is 0.368. The Morgan fingerprint density at radius 3 is 2.65 bits per heavy atom. The smallest absolute Gasteiger partial charge is 0.349 e. The summed E-state index contributed by atoms with van der Waals surface area (Å²) in [6, 6.07) is 4.54. The minimum Gasteiger partial charge on any atom is -0.465 e. The van der Waals surface area contributed by atoms with Crippen molar-refractivity contribution >= 4 is 17.7 Å². The summed E-state index contributed by atoms with van der Waals surface area (Å²) >= 11 is 0. The molecule has 0 aliphatic carbocycles. The number of aryl methyl sites for hydroxylation is 2. The summed E-state index contributed by atoms with van der Waals surface area (Å²) in [6.45, 7) is 5.85. The molecule has 0 saturated heterocycles. The lowest BCUT2D eigenvalue weighted by molar-refractivity contribution is 0.0600. The lowest BCUT2D eigenvalue weighted by Crippen LogP contribution is -2.23. The van der Waals surface area contributed by atoms with E-state index in [0.29, 0.717) is 23.7 Å². The first-order valence-corrected chi connectivity index (χ1v) is 8.31. The molecule has 1 amide bonds. The molecule has 2 aromatic heterocycles. The molecule has 0 radical (unpaired) electrons. The number of nitrogens with one attached hydrogen (secondary N) is 1. The molecule has 7 nitrogen and oxygen atoms in total. The Bertz CT molecular complexity index is 870. The number of pyridine rings is 1. The molecule has 0 aromatic carbocycles. The van der Waals surface area contributed by atoms with Crippen LogP contribution in [0.5, 0.6) is 0 Å². The average molecular weight is 358 g/mol. The molecule has 2 heterocycles. The van der Waals surface area contributed by atoms with Gasteiger partial charge in [0.2, 0.25) is 0 Å². The van der Waals surface area contributed by atoms with E-state index in [-0.39, 0.29) is 16.9 Å². The van der Waals surface area contributed by atoms with Crippen molar-refractivity contribution in [3.63, 3.8) is 0 Å². The van der Waals surface area contributed by atoms with E-state index in [1.165, 1.54) is 25.4 Å². The maximum absolute atomic E-state index is 12.5. The molecule has 7 heteroatoms. The van der Waals surface area contributed by atoms with E-state index in [0.717, 1.165) is 6.42 Å². The average Bonchev–Trinajstić information content (AvgIpc) is 2.58. The number of hydrogen-bond acceptors (Lipinski definition) is 6. The Balaban J connectivity index is 2.22. The van der Waals surface area contributed by atoms with Crippen molar-refractivity contribution in [3.05, 3.63) is 57.3 Å². The fourth-order valence-corrected chi connectivity index (χ4v) is 2.42. The fourth-order valence-electron chi connectivity index (χ4n) is 2.42. The second-order valence-corrected chi connectivity index (χ2v) is 6.37. The van der Waals surface area contributed by atoms with Crippen LogP contribution >= 0.6 is 0 Å². The maximum Gasteiger partial charge on any atom is 0.349 e. The van der Waals surface area contributed by atoms with Crippen LogP contribution in [-0.4, -0.2) is 24.0 Å². The van der Waals surface area contributed by atoms with E-state index in [2.05, 4.69) is 28.9 Å². The van der Waals surface area contributed by atoms with E-state index < -0.39 is 17.5 Å². The van der Waals surface area contributed by atoms with E-state index in [1.807, 2.05) is 0 Å². The van der Waals surface area contributed by atoms with Gasteiger partial charge in [-0.3, -0.25) is 4.79 Å². The summed E-state index contributed by atoms with van der Waals surface area (Å²) in [4.78, 5) is 40.2. The largest absolute Gasteiger partial charge is 0.465 e. The van der Waals surface area contributed by atoms with Crippen LogP contribution in [0.1, 0.15) is 52.3 Å². The number of methoxy groups -OCH3 is 1. The number of ether oxygens (including phenoxy) is 1. The molecule has 138 valence electrons. The number of aromatic nitrogens is 1. The van der Waals surface area contributed by atoms with Gasteiger partial charge < -0.3 is 14.5 Å². The van der Waals surface area contributed by atoms with Crippen molar-refractivity contribution in [1.29, 1.82) is 0 Å². The zero-order valence-corrected chi connectivity index (χ0v) is 15.3. The highest BCUT2D eigenvalue weighted by Gasteiger charge is 2.18. The van der Waals surface area contributed by atoms with E-state index in [9.17, 15) is 14.4 Å². The van der Waals surface area contributed by atoms with E-state index >= 15 is 0 Å². The number of carbonyl (C=O) groups is 2. The number of hydrogen-bond donors (Lipinski definition) is 1. The van der Waals surface area contributed by atoms with Gasteiger partial charge in [-0.2, -0.15) is 0 Å². The summed E-state index contributed by atoms with van der Waals surface area (Å²) < 4.78 is 9.89. The molecule has 2 rings (SSSR count). The van der Waals surface area contributed by atoms with Gasteiger partial charge in [0.25, 0.3) is 5.91 Å². The molecular formula is C19H22N2O5. The van der Waals surface area contributed by atoms with Crippen LogP contribution < -0.4 is 10.9 Å². The Morgan fingerprint density at radius 1 is 1.31 bits per heavy atom. The molecular weight excluding hydrogens is 336 g/mol. The second kappa shape index (κ2) is 8.42. The quantitative estimate of drug-likeness (QED) is 0.797. The van der Waals surface area contributed by atoms with Gasteiger partial charge in [-0.25, -0.2) is 14.6 Å². The molecule has 0 unspecified atom stereocenters. The lowest BCUT2D eigenvalue weighted by atomic mass is 10.0. The Kier molecular flexibility index (Phi) is 6.27. The molecule has 0 fully saturated rings. The van der Waals surface area contributed by atoms with Gasteiger partial charge in [0, 0.05) is 12.6 Å². The maximum atomic E-state index is 12.5. The number of rotatable bonds is 6. The van der Waals surface area contributed by atoms with E-state index in [1.54, 1.807) is 13.0 Å². The summed E-state index contributed by atoms with van der Waals surface area (Å²) in [6.07, 6.45) is 2.89. The molecule has 0 atom stereocenters. The van der Waals surface area contributed by atoms with Crippen LogP contribution in [0.25, 0.3) is 0 Å². The summed E-state index contributed by atoms with van der Waals surface area (Å²) in [5, 5.41) is 2.51. The van der Waals surface area contributed by atoms with Crippen molar-refractivity contribution in [1.82, 2.24) is 4.98 Å². The van der Waals surface area contributed by atoms with Gasteiger partial charge in [-0.1, -0.05) is 13.8 Å². The van der Waals surface area contributed by atoms with Crippen LogP contribution in [-0.2, 0) is 11.2 Å².